The normalized spacial score (nSPS) is 47.8. The van der Waals surface area contributed by atoms with Crippen LogP contribution in [0.25, 0.3) is 0 Å². The SMILES string of the molecule is CC1(C#N)CCCN1C(=O)CNC12CC3CC(CC(O)(C3)C1)C2. The van der Waals surface area contributed by atoms with Crippen molar-refractivity contribution in [2.75, 3.05) is 13.1 Å². The standard InChI is InChI=1S/C18H27N3O2/c1-16(12-19)3-2-4-21(16)15(22)10-20-17-6-13-5-14(7-17)9-18(23,8-13)11-17/h13-14,20,23H,2-11H2,1H3. The van der Waals surface area contributed by atoms with Crippen molar-refractivity contribution in [2.24, 2.45) is 11.8 Å². The average molecular weight is 317 g/mol. The second-order valence-electron chi connectivity index (χ2n) is 8.85. The molecule has 0 aromatic rings. The number of nitriles is 1. The summed E-state index contributed by atoms with van der Waals surface area (Å²) in [7, 11) is 0. The van der Waals surface area contributed by atoms with Gasteiger partial charge in [-0.05, 0) is 70.1 Å². The van der Waals surface area contributed by atoms with E-state index in [9.17, 15) is 15.2 Å². The third kappa shape index (κ3) is 2.47. The molecule has 5 rings (SSSR count). The number of rotatable bonds is 3. The van der Waals surface area contributed by atoms with Crippen molar-refractivity contribution >= 4 is 5.91 Å². The van der Waals surface area contributed by atoms with Gasteiger partial charge in [0.15, 0.2) is 0 Å². The molecule has 3 unspecified atom stereocenters. The molecule has 2 N–H and O–H groups in total. The van der Waals surface area contributed by atoms with Crippen molar-refractivity contribution in [1.82, 2.24) is 10.2 Å². The molecule has 4 aliphatic carbocycles. The van der Waals surface area contributed by atoms with Crippen LogP contribution < -0.4 is 5.32 Å². The van der Waals surface area contributed by atoms with E-state index in [4.69, 9.17) is 0 Å². The van der Waals surface area contributed by atoms with Crippen LogP contribution >= 0.6 is 0 Å². The first-order chi connectivity index (χ1) is 10.9. The zero-order chi connectivity index (χ0) is 16.3. The molecule has 3 atom stereocenters. The van der Waals surface area contributed by atoms with Crippen LogP contribution in [-0.4, -0.2) is 45.7 Å². The fourth-order valence-electron chi connectivity index (χ4n) is 6.26. The smallest absolute Gasteiger partial charge is 0.237 e. The molecular formula is C18H27N3O2. The number of aliphatic hydroxyl groups is 1. The van der Waals surface area contributed by atoms with Gasteiger partial charge < -0.3 is 15.3 Å². The van der Waals surface area contributed by atoms with Crippen LogP contribution in [0.5, 0.6) is 0 Å². The Hall–Kier alpha value is -1.12. The molecule has 0 spiro atoms. The highest BCUT2D eigenvalue weighted by Crippen LogP contribution is 2.57. The lowest BCUT2D eigenvalue weighted by Gasteiger charge is -2.60. The molecule has 5 nitrogen and oxygen atoms in total. The summed E-state index contributed by atoms with van der Waals surface area (Å²) in [5, 5.41) is 23.7. The lowest BCUT2D eigenvalue weighted by Crippen LogP contribution is -2.65. The third-order valence-electron chi connectivity index (χ3n) is 6.83. The number of carbonyl (C=O) groups excluding carboxylic acids is 1. The predicted octanol–water partition coefficient (Wildman–Crippen LogP) is 1.56. The lowest BCUT2D eigenvalue weighted by molar-refractivity contribution is -0.147. The van der Waals surface area contributed by atoms with Crippen LogP contribution in [0.3, 0.4) is 0 Å². The second-order valence-corrected chi connectivity index (χ2v) is 8.85. The van der Waals surface area contributed by atoms with Crippen LogP contribution in [0.2, 0.25) is 0 Å². The Bertz CT molecular complexity index is 555. The Morgan fingerprint density at radius 1 is 1.35 bits per heavy atom. The topological polar surface area (TPSA) is 76.4 Å². The number of hydrogen-bond acceptors (Lipinski definition) is 4. The van der Waals surface area contributed by atoms with E-state index in [1.54, 1.807) is 4.90 Å². The summed E-state index contributed by atoms with van der Waals surface area (Å²) in [6.45, 7) is 2.85. The molecule has 1 heterocycles. The number of hydrogen-bond donors (Lipinski definition) is 2. The molecule has 4 saturated carbocycles. The quantitative estimate of drug-likeness (QED) is 0.828. The minimum Gasteiger partial charge on any atom is -0.390 e. The summed E-state index contributed by atoms with van der Waals surface area (Å²) in [5.41, 5.74) is -1.20. The van der Waals surface area contributed by atoms with E-state index >= 15 is 0 Å². The monoisotopic (exact) mass is 317 g/mol. The summed E-state index contributed by atoms with van der Waals surface area (Å²) in [4.78, 5) is 14.4. The number of nitrogens with one attached hydrogen (secondary N) is 1. The Morgan fingerprint density at radius 3 is 2.65 bits per heavy atom. The molecule has 5 aliphatic rings. The fraction of sp³-hybridized carbons (Fsp3) is 0.889. The predicted molar refractivity (Wildman–Crippen MR) is 85.3 cm³/mol. The van der Waals surface area contributed by atoms with Crippen molar-refractivity contribution in [3.63, 3.8) is 0 Å². The molecule has 5 heteroatoms. The van der Waals surface area contributed by atoms with Gasteiger partial charge in [-0.15, -0.1) is 0 Å². The third-order valence-corrected chi connectivity index (χ3v) is 6.83. The summed E-state index contributed by atoms with van der Waals surface area (Å²) in [6.07, 6.45) is 7.78. The van der Waals surface area contributed by atoms with Gasteiger partial charge in [0.1, 0.15) is 5.54 Å². The lowest BCUT2D eigenvalue weighted by atomic mass is 9.51. The van der Waals surface area contributed by atoms with Gasteiger partial charge in [0.2, 0.25) is 5.91 Å². The van der Waals surface area contributed by atoms with Crippen LogP contribution in [-0.2, 0) is 4.79 Å². The Balaban J connectivity index is 1.43. The molecule has 4 bridgehead atoms. The molecule has 0 aromatic heterocycles. The maximum Gasteiger partial charge on any atom is 0.237 e. The van der Waals surface area contributed by atoms with Gasteiger partial charge in [0.05, 0.1) is 18.2 Å². The highest BCUT2D eigenvalue weighted by molar-refractivity contribution is 5.80. The molecule has 1 saturated heterocycles. The van der Waals surface area contributed by atoms with Crippen molar-refractivity contribution in [1.29, 1.82) is 5.26 Å². The van der Waals surface area contributed by atoms with E-state index < -0.39 is 11.1 Å². The fourth-order valence-corrected chi connectivity index (χ4v) is 6.26. The Labute approximate surface area is 138 Å². The summed E-state index contributed by atoms with van der Waals surface area (Å²) in [6, 6.07) is 2.31. The first-order valence-corrected chi connectivity index (χ1v) is 9.05. The molecular weight excluding hydrogens is 290 g/mol. The largest absolute Gasteiger partial charge is 0.390 e. The first-order valence-electron chi connectivity index (χ1n) is 9.05. The first kappa shape index (κ1) is 15.4. The number of nitrogens with zero attached hydrogens (tertiary/aromatic N) is 2. The molecule has 1 amide bonds. The number of carbonyl (C=O) groups is 1. The zero-order valence-corrected chi connectivity index (χ0v) is 14.0. The van der Waals surface area contributed by atoms with Gasteiger partial charge in [0.25, 0.3) is 0 Å². The van der Waals surface area contributed by atoms with E-state index in [0.29, 0.717) is 24.9 Å². The maximum atomic E-state index is 12.6. The summed E-state index contributed by atoms with van der Waals surface area (Å²) in [5.74, 6) is 1.26. The van der Waals surface area contributed by atoms with Crippen LogP contribution in [0.4, 0.5) is 0 Å². The van der Waals surface area contributed by atoms with Gasteiger partial charge >= 0.3 is 0 Å². The molecule has 126 valence electrons. The van der Waals surface area contributed by atoms with Gasteiger partial charge in [-0.1, -0.05) is 0 Å². The van der Waals surface area contributed by atoms with Crippen LogP contribution in [0, 0.1) is 23.2 Å². The van der Waals surface area contributed by atoms with Gasteiger partial charge in [-0.2, -0.15) is 5.26 Å². The summed E-state index contributed by atoms with van der Waals surface area (Å²) < 4.78 is 0. The van der Waals surface area contributed by atoms with E-state index in [1.807, 2.05) is 6.92 Å². The van der Waals surface area contributed by atoms with E-state index in [0.717, 1.165) is 44.9 Å². The van der Waals surface area contributed by atoms with Gasteiger partial charge in [-0.3, -0.25) is 4.79 Å². The van der Waals surface area contributed by atoms with Crippen molar-refractivity contribution in [3.8, 4) is 6.07 Å². The zero-order valence-electron chi connectivity index (χ0n) is 14.0. The van der Waals surface area contributed by atoms with Crippen molar-refractivity contribution < 1.29 is 9.90 Å². The second kappa shape index (κ2) is 4.94. The molecule has 5 fully saturated rings. The van der Waals surface area contributed by atoms with Crippen LogP contribution in [0.15, 0.2) is 0 Å². The van der Waals surface area contributed by atoms with E-state index in [-0.39, 0.29) is 11.4 Å². The van der Waals surface area contributed by atoms with Crippen molar-refractivity contribution in [3.05, 3.63) is 0 Å². The van der Waals surface area contributed by atoms with E-state index in [2.05, 4.69) is 11.4 Å². The van der Waals surface area contributed by atoms with Crippen molar-refractivity contribution in [2.45, 2.75) is 75.0 Å². The molecule has 0 aromatic carbocycles. The highest BCUT2D eigenvalue weighted by atomic mass is 16.3. The maximum absolute atomic E-state index is 12.6. The van der Waals surface area contributed by atoms with Gasteiger partial charge in [0, 0.05) is 12.1 Å². The Kier molecular flexibility index (Phi) is 3.31. The molecule has 0 radical (unpaired) electrons. The summed E-state index contributed by atoms with van der Waals surface area (Å²) >= 11 is 0. The highest BCUT2D eigenvalue weighted by Gasteiger charge is 2.57. The Morgan fingerprint density at radius 2 is 2.04 bits per heavy atom. The van der Waals surface area contributed by atoms with Crippen LogP contribution in [0.1, 0.15) is 58.3 Å². The molecule has 1 aliphatic heterocycles. The minimum absolute atomic E-state index is 0.0364. The minimum atomic E-state index is -0.640. The number of likely N-dealkylation sites (tertiary alicyclic amines) is 1. The van der Waals surface area contributed by atoms with Gasteiger partial charge in [-0.25, -0.2) is 0 Å². The average Bonchev–Trinajstić information content (AvgIpc) is 2.85. The number of amides is 1. The molecule has 23 heavy (non-hydrogen) atoms. The van der Waals surface area contributed by atoms with E-state index in [1.165, 1.54) is 6.42 Å².